The van der Waals surface area contributed by atoms with E-state index in [0.29, 0.717) is 19.0 Å². The third-order valence-electron chi connectivity index (χ3n) is 3.33. The van der Waals surface area contributed by atoms with Crippen LogP contribution in [0.4, 0.5) is 18.9 Å². The van der Waals surface area contributed by atoms with Gasteiger partial charge in [0.1, 0.15) is 0 Å². The summed E-state index contributed by atoms with van der Waals surface area (Å²) in [7, 11) is 0. The SMILES string of the molecule is CCNC(=NCc1ccccc1)NCC(=O)Nc1ccc(F)c(F)c1F. The Morgan fingerprint density at radius 1 is 1.00 bits per heavy atom. The number of hydrogen-bond donors (Lipinski definition) is 3. The average Bonchev–Trinajstić information content (AvgIpc) is 2.65. The maximum absolute atomic E-state index is 13.6. The van der Waals surface area contributed by atoms with Gasteiger partial charge >= 0.3 is 0 Å². The Balaban J connectivity index is 1.93. The minimum atomic E-state index is -1.63. The van der Waals surface area contributed by atoms with Gasteiger partial charge in [0.2, 0.25) is 5.91 Å². The van der Waals surface area contributed by atoms with E-state index in [9.17, 15) is 18.0 Å². The fraction of sp³-hybridized carbons (Fsp3) is 0.222. The Bertz CT molecular complexity index is 782. The second-order valence-electron chi connectivity index (χ2n) is 5.31. The van der Waals surface area contributed by atoms with Crippen LogP contribution < -0.4 is 16.0 Å². The Morgan fingerprint density at radius 2 is 1.73 bits per heavy atom. The van der Waals surface area contributed by atoms with Crippen molar-refractivity contribution >= 4 is 17.6 Å². The maximum Gasteiger partial charge on any atom is 0.243 e. The van der Waals surface area contributed by atoms with Crippen molar-refractivity contribution in [2.75, 3.05) is 18.4 Å². The minimum absolute atomic E-state index is 0.223. The molecule has 0 radical (unpaired) electrons. The quantitative estimate of drug-likeness (QED) is 0.420. The normalized spacial score (nSPS) is 11.2. The lowest BCUT2D eigenvalue weighted by atomic mass is 10.2. The monoisotopic (exact) mass is 364 g/mol. The fourth-order valence-corrected chi connectivity index (χ4v) is 2.08. The lowest BCUT2D eigenvalue weighted by Crippen LogP contribution is -2.41. The van der Waals surface area contributed by atoms with E-state index >= 15 is 0 Å². The molecule has 0 saturated heterocycles. The van der Waals surface area contributed by atoms with Gasteiger partial charge in [-0.05, 0) is 24.6 Å². The van der Waals surface area contributed by atoms with Crippen LogP contribution in [0.15, 0.2) is 47.5 Å². The van der Waals surface area contributed by atoms with E-state index in [2.05, 4.69) is 20.9 Å². The first-order chi connectivity index (χ1) is 12.5. The molecule has 2 aromatic rings. The van der Waals surface area contributed by atoms with Crippen molar-refractivity contribution in [3.05, 3.63) is 65.5 Å². The molecule has 0 aromatic heterocycles. The zero-order chi connectivity index (χ0) is 18.9. The number of benzene rings is 2. The molecule has 0 atom stereocenters. The summed E-state index contributed by atoms with van der Waals surface area (Å²) in [5, 5.41) is 7.95. The zero-order valence-electron chi connectivity index (χ0n) is 14.2. The third kappa shape index (κ3) is 5.51. The molecular weight excluding hydrogens is 345 g/mol. The Hall–Kier alpha value is -3.03. The zero-order valence-corrected chi connectivity index (χ0v) is 14.2. The second kappa shape index (κ2) is 9.45. The minimum Gasteiger partial charge on any atom is -0.357 e. The second-order valence-corrected chi connectivity index (χ2v) is 5.31. The molecule has 1 amide bonds. The Kier molecular flexibility index (Phi) is 7.02. The molecule has 26 heavy (non-hydrogen) atoms. The average molecular weight is 364 g/mol. The van der Waals surface area contributed by atoms with Gasteiger partial charge in [-0.25, -0.2) is 18.2 Å². The molecule has 2 aromatic carbocycles. The predicted octanol–water partition coefficient (Wildman–Crippen LogP) is 2.80. The molecule has 0 heterocycles. The van der Waals surface area contributed by atoms with E-state index in [0.717, 1.165) is 17.7 Å². The van der Waals surface area contributed by atoms with Gasteiger partial charge in [-0.3, -0.25) is 4.79 Å². The first-order valence-electron chi connectivity index (χ1n) is 8.00. The van der Waals surface area contributed by atoms with Crippen LogP contribution in [-0.2, 0) is 11.3 Å². The molecular formula is C18H19F3N4O. The largest absolute Gasteiger partial charge is 0.357 e. The molecule has 0 spiro atoms. The van der Waals surface area contributed by atoms with Crippen LogP contribution in [0, 0.1) is 17.5 Å². The van der Waals surface area contributed by atoms with Crippen molar-refractivity contribution in [2.24, 2.45) is 4.99 Å². The summed E-state index contributed by atoms with van der Waals surface area (Å²) in [6.07, 6.45) is 0. The number of aliphatic imine (C=N–C) groups is 1. The van der Waals surface area contributed by atoms with Crippen LogP contribution in [0.2, 0.25) is 0 Å². The van der Waals surface area contributed by atoms with Crippen LogP contribution in [0.1, 0.15) is 12.5 Å². The van der Waals surface area contributed by atoms with Crippen LogP contribution in [0.5, 0.6) is 0 Å². The lowest BCUT2D eigenvalue weighted by Gasteiger charge is -2.12. The van der Waals surface area contributed by atoms with Gasteiger partial charge in [-0.15, -0.1) is 0 Å². The molecule has 8 heteroatoms. The van der Waals surface area contributed by atoms with Crippen molar-refractivity contribution in [3.8, 4) is 0 Å². The third-order valence-corrected chi connectivity index (χ3v) is 3.33. The van der Waals surface area contributed by atoms with Crippen molar-refractivity contribution in [1.82, 2.24) is 10.6 Å². The summed E-state index contributed by atoms with van der Waals surface area (Å²) in [5.74, 6) is -4.62. The van der Waals surface area contributed by atoms with Crippen molar-refractivity contribution in [2.45, 2.75) is 13.5 Å². The van der Waals surface area contributed by atoms with Gasteiger partial charge in [0.05, 0.1) is 18.8 Å². The number of halogens is 3. The molecule has 5 nitrogen and oxygen atoms in total. The van der Waals surface area contributed by atoms with Gasteiger partial charge < -0.3 is 16.0 Å². The van der Waals surface area contributed by atoms with Gasteiger partial charge in [0, 0.05) is 6.54 Å². The van der Waals surface area contributed by atoms with E-state index in [1.165, 1.54) is 0 Å². The van der Waals surface area contributed by atoms with Crippen molar-refractivity contribution in [3.63, 3.8) is 0 Å². The smallest absolute Gasteiger partial charge is 0.243 e. The number of guanidine groups is 1. The molecule has 3 N–H and O–H groups in total. The van der Waals surface area contributed by atoms with Gasteiger partial charge in [-0.1, -0.05) is 30.3 Å². The van der Waals surface area contributed by atoms with Crippen LogP contribution in [0.3, 0.4) is 0 Å². The number of nitrogens with zero attached hydrogens (tertiary/aromatic N) is 1. The standard InChI is InChI=1S/C18H19F3N4O/c1-2-22-18(23-10-12-6-4-3-5-7-12)24-11-15(26)25-14-9-8-13(19)16(20)17(14)21/h3-9H,2,10-11H2,1H3,(H,25,26)(H2,22,23,24). The molecule has 0 aliphatic carbocycles. The molecule has 0 aliphatic heterocycles. The van der Waals surface area contributed by atoms with E-state index in [4.69, 9.17) is 0 Å². The number of nitrogens with one attached hydrogen (secondary N) is 3. The molecule has 138 valence electrons. The highest BCUT2D eigenvalue weighted by Gasteiger charge is 2.15. The highest BCUT2D eigenvalue weighted by atomic mass is 19.2. The summed E-state index contributed by atoms with van der Waals surface area (Å²) < 4.78 is 39.6. The van der Waals surface area contributed by atoms with Crippen LogP contribution in [0.25, 0.3) is 0 Å². The van der Waals surface area contributed by atoms with Crippen LogP contribution in [-0.4, -0.2) is 25.0 Å². The summed E-state index contributed by atoms with van der Waals surface area (Å²) in [6, 6.07) is 11.2. The van der Waals surface area contributed by atoms with Gasteiger partial charge in [0.15, 0.2) is 23.4 Å². The summed E-state index contributed by atoms with van der Waals surface area (Å²) in [6.45, 7) is 2.64. The van der Waals surface area contributed by atoms with E-state index in [1.807, 2.05) is 37.3 Å². The van der Waals surface area contributed by atoms with E-state index < -0.39 is 29.0 Å². The van der Waals surface area contributed by atoms with Crippen LogP contribution >= 0.6 is 0 Å². The molecule has 0 unspecified atom stereocenters. The number of hydrogen-bond acceptors (Lipinski definition) is 2. The number of carbonyl (C=O) groups excluding carboxylic acids is 1. The highest BCUT2D eigenvalue weighted by molar-refractivity contribution is 5.95. The predicted molar refractivity (Wildman–Crippen MR) is 94.2 cm³/mol. The van der Waals surface area contributed by atoms with Gasteiger partial charge in [-0.2, -0.15) is 0 Å². The van der Waals surface area contributed by atoms with E-state index in [1.54, 1.807) is 0 Å². The topological polar surface area (TPSA) is 65.5 Å². The summed E-state index contributed by atoms with van der Waals surface area (Å²) in [5.41, 5.74) is 0.569. The molecule has 0 fully saturated rings. The summed E-state index contributed by atoms with van der Waals surface area (Å²) in [4.78, 5) is 16.2. The van der Waals surface area contributed by atoms with Crippen molar-refractivity contribution < 1.29 is 18.0 Å². The number of carbonyl (C=O) groups is 1. The van der Waals surface area contributed by atoms with Gasteiger partial charge in [0.25, 0.3) is 0 Å². The number of amides is 1. The van der Waals surface area contributed by atoms with Crippen molar-refractivity contribution in [1.29, 1.82) is 0 Å². The highest BCUT2D eigenvalue weighted by Crippen LogP contribution is 2.19. The molecule has 0 aliphatic rings. The Morgan fingerprint density at radius 3 is 2.42 bits per heavy atom. The summed E-state index contributed by atoms with van der Waals surface area (Å²) >= 11 is 0. The maximum atomic E-state index is 13.6. The molecule has 0 saturated carbocycles. The number of anilines is 1. The first kappa shape index (κ1) is 19.3. The fourth-order valence-electron chi connectivity index (χ4n) is 2.08. The molecule has 2 rings (SSSR count). The molecule has 0 bridgehead atoms. The lowest BCUT2D eigenvalue weighted by molar-refractivity contribution is -0.115. The van der Waals surface area contributed by atoms with E-state index in [-0.39, 0.29) is 6.54 Å². The number of rotatable bonds is 6. The Labute approximate surface area is 149 Å². The first-order valence-corrected chi connectivity index (χ1v) is 8.00.